The Morgan fingerprint density at radius 3 is 1.32 bits per heavy atom. The highest BCUT2D eigenvalue weighted by atomic mass is 16.5. The van der Waals surface area contributed by atoms with Gasteiger partial charge in [0.15, 0.2) is 0 Å². The fourth-order valence-corrected chi connectivity index (χ4v) is 2.64. The molecule has 0 heterocycles. The van der Waals surface area contributed by atoms with Crippen LogP contribution in [0.1, 0.15) is 50.7 Å². The van der Waals surface area contributed by atoms with Gasteiger partial charge in [-0.15, -0.1) is 0 Å². The molecule has 2 aromatic rings. The van der Waals surface area contributed by atoms with Gasteiger partial charge in [-0.25, -0.2) is 0 Å². The number of oxime groups is 2. The first-order valence-corrected chi connectivity index (χ1v) is 9.48. The molecule has 0 saturated heterocycles. The van der Waals surface area contributed by atoms with Crippen molar-refractivity contribution in [3.8, 4) is 11.5 Å². The zero-order valence-electron chi connectivity index (χ0n) is 16.5. The molecule has 0 fully saturated rings. The van der Waals surface area contributed by atoms with Crippen LogP contribution in [0.5, 0.6) is 11.5 Å². The summed E-state index contributed by atoms with van der Waals surface area (Å²) in [5.41, 5.74) is 2.92. The zero-order valence-corrected chi connectivity index (χ0v) is 16.5. The van der Waals surface area contributed by atoms with Gasteiger partial charge in [0.05, 0.1) is 24.6 Å². The van der Waals surface area contributed by atoms with Crippen molar-refractivity contribution in [3.63, 3.8) is 0 Å². The van der Waals surface area contributed by atoms with E-state index in [1.54, 1.807) is 13.8 Å². The summed E-state index contributed by atoms with van der Waals surface area (Å²) in [7, 11) is 0. The Bertz CT molecular complexity index is 701. The number of rotatable bonds is 11. The SMILES string of the molecule is C/C(=N\O)c1ccc(OCCCCCCOc2ccc(/C(C)=N/O)cc2)cc1. The molecule has 28 heavy (non-hydrogen) atoms. The van der Waals surface area contributed by atoms with Crippen LogP contribution in [0.4, 0.5) is 0 Å². The minimum absolute atomic E-state index is 0.582. The molecule has 0 atom stereocenters. The van der Waals surface area contributed by atoms with Crippen molar-refractivity contribution >= 4 is 11.4 Å². The highest BCUT2D eigenvalue weighted by Crippen LogP contribution is 2.15. The molecule has 2 N–H and O–H groups in total. The summed E-state index contributed by atoms with van der Waals surface area (Å²) in [4.78, 5) is 0. The number of ether oxygens (including phenoxy) is 2. The average Bonchev–Trinajstić information content (AvgIpc) is 2.75. The topological polar surface area (TPSA) is 83.6 Å². The van der Waals surface area contributed by atoms with Gasteiger partial charge in [-0.2, -0.15) is 0 Å². The summed E-state index contributed by atoms with van der Waals surface area (Å²) >= 11 is 0. The van der Waals surface area contributed by atoms with Crippen LogP contribution in [-0.2, 0) is 0 Å². The highest BCUT2D eigenvalue weighted by Gasteiger charge is 2.01. The van der Waals surface area contributed by atoms with Crippen molar-refractivity contribution in [1.82, 2.24) is 0 Å². The minimum atomic E-state index is 0.582. The maximum absolute atomic E-state index is 8.76. The Hall–Kier alpha value is -3.02. The predicted octanol–water partition coefficient (Wildman–Crippen LogP) is 5.10. The summed E-state index contributed by atoms with van der Waals surface area (Å²) in [5.74, 6) is 1.64. The molecule has 2 aromatic carbocycles. The lowest BCUT2D eigenvalue weighted by atomic mass is 10.1. The number of unbranched alkanes of at least 4 members (excludes halogenated alkanes) is 3. The minimum Gasteiger partial charge on any atom is -0.494 e. The van der Waals surface area contributed by atoms with Gasteiger partial charge < -0.3 is 19.9 Å². The van der Waals surface area contributed by atoms with E-state index < -0.39 is 0 Å². The van der Waals surface area contributed by atoms with Crippen molar-refractivity contribution < 1.29 is 19.9 Å². The normalized spacial score (nSPS) is 12.1. The molecule has 0 radical (unpaired) electrons. The Kier molecular flexibility index (Phi) is 8.85. The van der Waals surface area contributed by atoms with Crippen LogP contribution in [-0.4, -0.2) is 35.1 Å². The predicted molar refractivity (Wildman–Crippen MR) is 110 cm³/mol. The third-order valence-corrected chi connectivity index (χ3v) is 4.42. The van der Waals surface area contributed by atoms with Crippen LogP contribution in [0.25, 0.3) is 0 Å². The first-order chi connectivity index (χ1) is 13.6. The molecule has 0 aliphatic carbocycles. The first kappa shape index (κ1) is 21.3. The van der Waals surface area contributed by atoms with Crippen LogP contribution < -0.4 is 9.47 Å². The van der Waals surface area contributed by atoms with Gasteiger partial charge in [-0.3, -0.25) is 0 Å². The molecule has 0 bridgehead atoms. The van der Waals surface area contributed by atoms with Crippen molar-refractivity contribution in [2.45, 2.75) is 39.5 Å². The van der Waals surface area contributed by atoms with Gasteiger partial charge >= 0.3 is 0 Å². The molecule has 2 rings (SSSR count). The lowest BCUT2D eigenvalue weighted by Gasteiger charge is -2.08. The van der Waals surface area contributed by atoms with Gasteiger partial charge in [-0.1, -0.05) is 10.3 Å². The third-order valence-electron chi connectivity index (χ3n) is 4.42. The molecule has 0 saturated carbocycles. The van der Waals surface area contributed by atoms with E-state index in [2.05, 4.69) is 10.3 Å². The lowest BCUT2D eigenvalue weighted by molar-refractivity contribution is 0.287. The molecule has 0 aromatic heterocycles. The molecule has 6 heteroatoms. The Balaban J connectivity index is 1.55. The molecule has 0 aliphatic rings. The van der Waals surface area contributed by atoms with Gasteiger partial charge in [0.2, 0.25) is 0 Å². The number of hydrogen-bond donors (Lipinski definition) is 2. The van der Waals surface area contributed by atoms with Crippen molar-refractivity contribution in [2.75, 3.05) is 13.2 Å². The van der Waals surface area contributed by atoms with Crippen molar-refractivity contribution in [1.29, 1.82) is 0 Å². The van der Waals surface area contributed by atoms with Crippen LogP contribution in [0.15, 0.2) is 58.8 Å². The van der Waals surface area contributed by atoms with E-state index in [0.717, 1.165) is 48.3 Å². The number of nitrogens with zero attached hydrogens (tertiary/aromatic N) is 2. The van der Waals surface area contributed by atoms with E-state index in [1.165, 1.54) is 0 Å². The van der Waals surface area contributed by atoms with E-state index in [1.807, 2.05) is 48.5 Å². The molecule has 0 spiro atoms. The zero-order chi connectivity index (χ0) is 20.2. The van der Waals surface area contributed by atoms with Gasteiger partial charge in [-0.05, 0) is 99.2 Å². The van der Waals surface area contributed by atoms with Crippen LogP contribution >= 0.6 is 0 Å². The van der Waals surface area contributed by atoms with E-state index in [0.29, 0.717) is 24.6 Å². The second-order valence-electron chi connectivity index (χ2n) is 6.53. The summed E-state index contributed by atoms with van der Waals surface area (Å²) in [6, 6.07) is 15.1. The molecular weight excluding hydrogens is 356 g/mol. The molecule has 0 unspecified atom stereocenters. The van der Waals surface area contributed by atoms with Gasteiger partial charge in [0.1, 0.15) is 11.5 Å². The van der Waals surface area contributed by atoms with Crippen LogP contribution in [0.2, 0.25) is 0 Å². The summed E-state index contributed by atoms with van der Waals surface area (Å²) in [5, 5.41) is 23.9. The number of benzene rings is 2. The monoisotopic (exact) mass is 384 g/mol. The van der Waals surface area contributed by atoms with E-state index in [9.17, 15) is 0 Å². The van der Waals surface area contributed by atoms with E-state index in [4.69, 9.17) is 19.9 Å². The lowest BCUT2D eigenvalue weighted by Crippen LogP contribution is -2.01. The maximum Gasteiger partial charge on any atom is 0.119 e. The Morgan fingerprint density at radius 2 is 1.00 bits per heavy atom. The summed E-state index contributed by atoms with van der Waals surface area (Å²) in [6.07, 6.45) is 4.16. The molecule has 0 amide bonds. The van der Waals surface area contributed by atoms with Gasteiger partial charge in [0, 0.05) is 0 Å². The standard InChI is InChI=1S/C22H28N2O4/c1-17(23-25)19-7-11-21(12-8-19)27-15-5-3-4-6-16-28-22-13-9-20(10-14-22)18(2)24-26/h7-14,25-26H,3-6,15-16H2,1-2H3/b23-17+,24-18+. The average molecular weight is 384 g/mol. The fourth-order valence-electron chi connectivity index (χ4n) is 2.64. The second-order valence-corrected chi connectivity index (χ2v) is 6.53. The smallest absolute Gasteiger partial charge is 0.119 e. The van der Waals surface area contributed by atoms with E-state index in [-0.39, 0.29) is 0 Å². The van der Waals surface area contributed by atoms with Gasteiger partial charge in [0.25, 0.3) is 0 Å². The number of hydrogen-bond acceptors (Lipinski definition) is 6. The summed E-state index contributed by atoms with van der Waals surface area (Å²) in [6.45, 7) is 4.87. The van der Waals surface area contributed by atoms with Crippen molar-refractivity contribution in [3.05, 3.63) is 59.7 Å². The third kappa shape index (κ3) is 6.95. The van der Waals surface area contributed by atoms with Crippen molar-refractivity contribution in [2.24, 2.45) is 10.3 Å². The molecular formula is C22H28N2O4. The van der Waals surface area contributed by atoms with Crippen LogP contribution in [0, 0.1) is 0 Å². The molecule has 150 valence electrons. The summed E-state index contributed by atoms with van der Waals surface area (Å²) < 4.78 is 11.5. The Labute approximate surface area is 166 Å². The largest absolute Gasteiger partial charge is 0.494 e. The maximum atomic E-state index is 8.76. The quantitative estimate of drug-likeness (QED) is 0.244. The molecule has 0 aliphatic heterocycles. The van der Waals surface area contributed by atoms with E-state index >= 15 is 0 Å². The Morgan fingerprint density at radius 1 is 0.643 bits per heavy atom. The second kappa shape index (κ2) is 11.6. The first-order valence-electron chi connectivity index (χ1n) is 9.48. The fraction of sp³-hybridized carbons (Fsp3) is 0.364. The van der Waals surface area contributed by atoms with Crippen LogP contribution in [0.3, 0.4) is 0 Å². The highest BCUT2D eigenvalue weighted by molar-refractivity contribution is 5.98. The molecule has 6 nitrogen and oxygen atoms in total.